The highest BCUT2D eigenvalue weighted by atomic mass is 14.2. The first kappa shape index (κ1) is 23.1. The van der Waals surface area contributed by atoms with Gasteiger partial charge in [-0.25, -0.2) is 0 Å². The van der Waals surface area contributed by atoms with E-state index in [0.717, 1.165) is 11.8 Å². The molecule has 0 heterocycles. The first-order chi connectivity index (χ1) is 8.24. The lowest BCUT2D eigenvalue weighted by Crippen LogP contribution is -2.12. The van der Waals surface area contributed by atoms with E-state index < -0.39 is 0 Å². The predicted octanol–water partition coefficient (Wildman–Crippen LogP) is 7.47. The number of hydrogen-bond acceptors (Lipinski definition) is 0. The highest BCUT2D eigenvalue weighted by Gasteiger charge is 2.17. The molecule has 18 heavy (non-hydrogen) atoms. The molecule has 0 aromatic rings. The average molecular weight is 259 g/mol. The fourth-order valence-corrected chi connectivity index (χ4v) is 2.50. The molecule has 0 heteroatoms. The summed E-state index contributed by atoms with van der Waals surface area (Å²) in [4.78, 5) is 0. The minimum Gasteiger partial charge on any atom is -0.0776 e. The summed E-state index contributed by atoms with van der Waals surface area (Å²) in [6, 6.07) is 0. The quantitative estimate of drug-likeness (QED) is 0.459. The van der Waals surface area contributed by atoms with Crippen molar-refractivity contribution in [3.05, 3.63) is 0 Å². The maximum atomic E-state index is 2.42. The second kappa shape index (κ2) is 19.3. The molecule has 0 bridgehead atoms. The summed E-state index contributed by atoms with van der Waals surface area (Å²) in [5, 5.41) is 0. The second-order valence-corrected chi connectivity index (χ2v) is 5.34. The zero-order valence-corrected chi connectivity index (χ0v) is 13.5. The van der Waals surface area contributed by atoms with Crippen molar-refractivity contribution in [3.8, 4) is 0 Å². The molecule has 1 saturated carbocycles. The van der Waals surface area contributed by atoms with Gasteiger partial charge in [0.25, 0.3) is 0 Å². The maximum Gasteiger partial charge on any atom is -0.0412 e. The van der Waals surface area contributed by atoms with Gasteiger partial charge in [-0.1, -0.05) is 100 Å². The SMILES string of the molecule is C.CC.CCC.CCCCCC1CCCC(C)C1. The van der Waals surface area contributed by atoms with Crippen LogP contribution in [0.15, 0.2) is 0 Å². The Morgan fingerprint density at radius 2 is 1.50 bits per heavy atom. The van der Waals surface area contributed by atoms with Crippen molar-refractivity contribution < 1.29 is 0 Å². The lowest BCUT2D eigenvalue weighted by Gasteiger charge is -2.26. The largest absolute Gasteiger partial charge is 0.0776 e. The summed E-state index contributed by atoms with van der Waals surface area (Å²) in [5.74, 6) is 2.10. The van der Waals surface area contributed by atoms with Crippen molar-refractivity contribution in [1.29, 1.82) is 0 Å². The van der Waals surface area contributed by atoms with Gasteiger partial charge in [0.2, 0.25) is 0 Å². The van der Waals surface area contributed by atoms with Crippen LogP contribution < -0.4 is 0 Å². The molecule has 1 rings (SSSR count). The number of unbranched alkanes of at least 4 members (excludes halogenated alkanes) is 2. The molecule has 1 aliphatic carbocycles. The third-order valence-electron chi connectivity index (χ3n) is 3.26. The molecule has 114 valence electrons. The molecule has 0 saturated heterocycles. The van der Waals surface area contributed by atoms with Crippen molar-refractivity contribution in [1.82, 2.24) is 0 Å². The van der Waals surface area contributed by atoms with E-state index in [1.165, 1.54) is 57.8 Å². The van der Waals surface area contributed by atoms with E-state index in [-0.39, 0.29) is 7.43 Å². The van der Waals surface area contributed by atoms with E-state index in [9.17, 15) is 0 Å². The molecule has 0 aromatic heterocycles. The summed E-state index contributed by atoms with van der Waals surface area (Å²) in [6.45, 7) is 13.0. The van der Waals surface area contributed by atoms with Crippen LogP contribution in [-0.2, 0) is 0 Å². The van der Waals surface area contributed by atoms with Gasteiger partial charge in [0, 0.05) is 0 Å². The van der Waals surface area contributed by atoms with Gasteiger partial charge in [-0.15, -0.1) is 0 Å². The minimum atomic E-state index is 0. The Labute approximate surface area is 119 Å². The Hall–Kier alpha value is 0. The summed E-state index contributed by atoms with van der Waals surface area (Å²) in [5.41, 5.74) is 0. The summed E-state index contributed by atoms with van der Waals surface area (Å²) in [6.07, 6.45) is 13.1. The molecule has 0 N–H and O–H groups in total. The van der Waals surface area contributed by atoms with Crippen molar-refractivity contribution in [2.45, 2.75) is 107 Å². The van der Waals surface area contributed by atoms with Crippen LogP contribution in [0, 0.1) is 11.8 Å². The molecule has 0 spiro atoms. The van der Waals surface area contributed by atoms with Gasteiger partial charge in [0.15, 0.2) is 0 Å². The Morgan fingerprint density at radius 1 is 0.944 bits per heavy atom. The van der Waals surface area contributed by atoms with Crippen LogP contribution in [0.1, 0.15) is 107 Å². The molecule has 0 nitrogen and oxygen atoms in total. The molecular formula is C18H42. The van der Waals surface area contributed by atoms with E-state index in [4.69, 9.17) is 0 Å². The highest BCUT2D eigenvalue weighted by molar-refractivity contribution is 4.70. The standard InChI is InChI=1S/C12H24.C3H8.C2H6.CH4/c1-3-4-5-8-12-9-6-7-11(2)10-12;1-3-2;1-2;/h11-12H,3-10H2,1-2H3;3H2,1-2H3;1-2H3;1H4. The van der Waals surface area contributed by atoms with Gasteiger partial charge >= 0.3 is 0 Å². The van der Waals surface area contributed by atoms with E-state index in [1.54, 1.807) is 0 Å². The first-order valence-corrected chi connectivity index (χ1v) is 8.24. The number of rotatable bonds is 4. The van der Waals surface area contributed by atoms with Gasteiger partial charge in [-0.3, -0.25) is 0 Å². The van der Waals surface area contributed by atoms with E-state index in [2.05, 4.69) is 27.7 Å². The molecule has 0 aromatic carbocycles. The summed E-state index contributed by atoms with van der Waals surface area (Å²) in [7, 11) is 0. The molecule has 0 radical (unpaired) electrons. The smallest absolute Gasteiger partial charge is 0.0412 e. The van der Waals surface area contributed by atoms with Crippen LogP contribution in [0.3, 0.4) is 0 Å². The lowest BCUT2D eigenvalue weighted by molar-refractivity contribution is 0.264. The lowest BCUT2D eigenvalue weighted by atomic mass is 9.80. The molecule has 0 amide bonds. The van der Waals surface area contributed by atoms with Crippen LogP contribution in [0.2, 0.25) is 0 Å². The zero-order valence-electron chi connectivity index (χ0n) is 13.5. The van der Waals surface area contributed by atoms with Crippen LogP contribution in [0.25, 0.3) is 0 Å². The third kappa shape index (κ3) is 16.0. The fourth-order valence-electron chi connectivity index (χ4n) is 2.50. The number of hydrogen-bond donors (Lipinski definition) is 0. The van der Waals surface area contributed by atoms with Crippen molar-refractivity contribution in [2.75, 3.05) is 0 Å². The Kier molecular flexibility index (Phi) is 24.8. The van der Waals surface area contributed by atoms with Crippen LogP contribution in [-0.4, -0.2) is 0 Å². The van der Waals surface area contributed by atoms with E-state index in [0.29, 0.717) is 0 Å². The third-order valence-corrected chi connectivity index (χ3v) is 3.26. The molecule has 1 aliphatic rings. The van der Waals surface area contributed by atoms with Gasteiger partial charge in [-0.05, 0) is 18.3 Å². The van der Waals surface area contributed by atoms with Gasteiger partial charge in [0.05, 0.1) is 0 Å². The average Bonchev–Trinajstić information content (AvgIpc) is 2.33. The molecule has 2 atom stereocenters. The topological polar surface area (TPSA) is 0 Å². The van der Waals surface area contributed by atoms with Gasteiger partial charge in [0.1, 0.15) is 0 Å². The second-order valence-electron chi connectivity index (χ2n) is 5.34. The fraction of sp³-hybridized carbons (Fsp3) is 1.00. The maximum absolute atomic E-state index is 2.42. The van der Waals surface area contributed by atoms with E-state index >= 15 is 0 Å². The summed E-state index contributed by atoms with van der Waals surface area (Å²) >= 11 is 0. The molecular weight excluding hydrogens is 216 g/mol. The zero-order chi connectivity index (χ0) is 13.5. The normalized spacial score (nSPS) is 21.7. The highest BCUT2D eigenvalue weighted by Crippen LogP contribution is 2.31. The van der Waals surface area contributed by atoms with Gasteiger partial charge in [-0.2, -0.15) is 0 Å². The Bertz CT molecular complexity index is 117. The van der Waals surface area contributed by atoms with Crippen LogP contribution in [0.5, 0.6) is 0 Å². The van der Waals surface area contributed by atoms with Crippen molar-refractivity contribution >= 4 is 0 Å². The van der Waals surface area contributed by atoms with Crippen LogP contribution >= 0.6 is 0 Å². The Balaban J connectivity index is -0.000000329. The van der Waals surface area contributed by atoms with Gasteiger partial charge < -0.3 is 0 Å². The monoisotopic (exact) mass is 258 g/mol. The van der Waals surface area contributed by atoms with Crippen LogP contribution in [0.4, 0.5) is 0 Å². The molecule has 0 aliphatic heterocycles. The summed E-state index contributed by atoms with van der Waals surface area (Å²) < 4.78 is 0. The minimum absolute atomic E-state index is 0. The van der Waals surface area contributed by atoms with Crippen molar-refractivity contribution in [2.24, 2.45) is 11.8 Å². The predicted molar refractivity (Wildman–Crippen MR) is 89.3 cm³/mol. The molecule has 2 unspecified atom stereocenters. The first-order valence-electron chi connectivity index (χ1n) is 8.24. The van der Waals surface area contributed by atoms with E-state index in [1.807, 2.05) is 13.8 Å². The Morgan fingerprint density at radius 3 is 1.94 bits per heavy atom. The molecule has 1 fully saturated rings. The van der Waals surface area contributed by atoms with Crippen molar-refractivity contribution in [3.63, 3.8) is 0 Å².